The lowest BCUT2D eigenvalue weighted by molar-refractivity contribution is 0.689. The van der Waals surface area contributed by atoms with Gasteiger partial charge in [0, 0.05) is 18.8 Å². The van der Waals surface area contributed by atoms with Gasteiger partial charge in [-0.2, -0.15) is 5.26 Å². The second kappa shape index (κ2) is 7.13. The minimum atomic E-state index is 0.785. The third-order valence-electron chi connectivity index (χ3n) is 3.82. The van der Waals surface area contributed by atoms with Gasteiger partial charge in [-0.25, -0.2) is 4.98 Å². The molecular weight excluding hydrogens is 302 g/mol. The smallest absolute Gasteiger partial charge is 0.113 e. The van der Waals surface area contributed by atoms with Crippen molar-refractivity contribution in [2.75, 3.05) is 18.0 Å². The predicted octanol–water partition coefficient (Wildman–Crippen LogP) is 3.90. The fourth-order valence-electron chi connectivity index (χ4n) is 2.60. The molecule has 0 spiro atoms. The molecule has 2 aromatic rings. The van der Waals surface area contributed by atoms with Crippen LogP contribution in [0.2, 0.25) is 0 Å². The number of piperidine rings is 1. The van der Waals surface area contributed by atoms with E-state index in [0.717, 1.165) is 47.9 Å². The Hall–Kier alpha value is -2.56. The molecule has 4 heteroatoms. The van der Waals surface area contributed by atoms with Crippen molar-refractivity contribution in [2.45, 2.75) is 19.8 Å². The molecule has 0 bridgehead atoms. The van der Waals surface area contributed by atoms with Crippen LogP contribution in [0.3, 0.4) is 0 Å². The number of thiophene rings is 1. The Balaban J connectivity index is 1.62. The predicted molar refractivity (Wildman–Crippen MR) is 94.4 cm³/mol. The molecule has 0 amide bonds. The highest BCUT2D eigenvalue weighted by Crippen LogP contribution is 2.30. The largest absolute Gasteiger partial charge is 0.362 e. The Morgan fingerprint density at radius 1 is 1.26 bits per heavy atom. The zero-order valence-electron chi connectivity index (χ0n) is 13.0. The van der Waals surface area contributed by atoms with E-state index in [4.69, 9.17) is 5.26 Å². The summed E-state index contributed by atoms with van der Waals surface area (Å²) in [5.74, 6) is 6.23. The van der Waals surface area contributed by atoms with Crippen molar-refractivity contribution in [1.82, 2.24) is 4.98 Å². The number of allylic oxidation sites excluding steroid dienone is 1. The second-order valence-electron chi connectivity index (χ2n) is 5.47. The third-order valence-corrected chi connectivity index (χ3v) is 4.80. The van der Waals surface area contributed by atoms with Crippen LogP contribution in [0.1, 0.15) is 29.8 Å². The van der Waals surface area contributed by atoms with Gasteiger partial charge in [-0.05, 0) is 55.3 Å². The van der Waals surface area contributed by atoms with E-state index >= 15 is 0 Å². The highest BCUT2D eigenvalue weighted by Gasteiger charge is 2.17. The molecule has 0 radical (unpaired) electrons. The maximum Gasteiger partial charge on any atom is 0.113 e. The Morgan fingerprint density at radius 2 is 2.09 bits per heavy atom. The Morgan fingerprint density at radius 3 is 2.83 bits per heavy atom. The lowest BCUT2D eigenvalue weighted by atomic mass is 10.0. The molecule has 0 aliphatic carbocycles. The van der Waals surface area contributed by atoms with Crippen LogP contribution in [0.15, 0.2) is 41.3 Å². The molecule has 1 aliphatic heterocycles. The molecule has 0 saturated carbocycles. The Labute approximate surface area is 140 Å². The number of hydrogen-bond acceptors (Lipinski definition) is 4. The third kappa shape index (κ3) is 3.80. The zero-order chi connectivity index (χ0) is 16.1. The van der Waals surface area contributed by atoms with Gasteiger partial charge in [-0.1, -0.05) is 17.6 Å². The fraction of sp³-hybridized carbons (Fsp3) is 0.263. The molecule has 1 fully saturated rings. The number of anilines is 1. The average molecular weight is 319 g/mol. The van der Waals surface area contributed by atoms with Gasteiger partial charge in [0.15, 0.2) is 0 Å². The van der Waals surface area contributed by atoms with Crippen LogP contribution in [0.5, 0.6) is 0 Å². The molecule has 0 atom stereocenters. The molecule has 3 nitrogen and oxygen atoms in total. The molecule has 1 saturated heterocycles. The molecule has 0 aromatic carbocycles. The first-order chi connectivity index (χ1) is 11.3. The van der Waals surface area contributed by atoms with Gasteiger partial charge < -0.3 is 4.90 Å². The number of nitrogens with zero attached hydrogens (tertiary/aromatic N) is 3. The standard InChI is InChI=1S/C19H17N3S/c1-15-4-2-6-18(21-15)7-3-5-16-8-11-22(12-9-16)19-17(14-20)10-13-23-19/h2,4-6,10,13H,8-9,11-12H2,1H3. The summed E-state index contributed by atoms with van der Waals surface area (Å²) in [7, 11) is 0. The van der Waals surface area contributed by atoms with E-state index in [-0.39, 0.29) is 0 Å². The molecule has 114 valence electrons. The summed E-state index contributed by atoms with van der Waals surface area (Å²) in [4.78, 5) is 6.68. The summed E-state index contributed by atoms with van der Waals surface area (Å²) in [5.41, 5.74) is 3.96. The topological polar surface area (TPSA) is 39.9 Å². The lowest BCUT2D eigenvalue weighted by Crippen LogP contribution is -2.30. The average Bonchev–Trinajstić information content (AvgIpc) is 3.04. The maximum atomic E-state index is 9.13. The van der Waals surface area contributed by atoms with Crippen molar-refractivity contribution >= 4 is 16.3 Å². The molecule has 0 N–H and O–H groups in total. The van der Waals surface area contributed by atoms with Crippen LogP contribution in [-0.4, -0.2) is 18.1 Å². The summed E-state index contributed by atoms with van der Waals surface area (Å²) in [6.45, 7) is 3.87. The van der Waals surface area contributed by atoms with Crippen molar-refractivity contribution in [1.29, 1.82) is 5.26 Å². The number of nitriles is 1. The van der Waals surface area contributed by atoms with Gasteiger partial charge in [-0.15, -0.1) is 11.3 Å². The van der Waals surface area contributed by atoms with Crippen molar-refractivity contribution in [2.24, 2.45) is 0 Å². The van der Waals surface area contributed by atoms with Crippen LogP contribution in [0, 0.1) is 30.1 Å². The Bertz CT molecular complexity index is 820. The summed E-state index contributed by atoms with van der Waals surface area (Å²) in [6.07, 6.45) is 4.03. The van der Waals surface area contributed by atoms with Crippen LogP contribution in [0.4, 0.5) is 5.00 Å². The van der Waals surface area contributed by atoms with Gasteiger partial charge in [0.25, 0.3) is 0 Å². The van der Waals surface area contributed by atoms with Gasteiger partial charge in [0.1, 0.15) is 16.8 Å². The summed E-state index contributed by atoms with van der Waals surface area (Å²) in [5, 5.41) is 12.2. The number of aryl methyl sites for hydroxylation is 1. The SMILES string of the molecule is Cc1cccc(C#CC=C2CCN(c3sccc3C#N)CC2)n1. The quantitative estimate of drug-likeness (QED) is 0.748. The highest BCUT2D eigenvalue weighted by molar-refractivity contribution is 7.14. The minimum Gasteiger partial charge on any atom is -0.362 e. The summed E-state index contributed by atoms with van der Waals surface area (Å²) in [6, 6.07) is 10.0. The fourth-order valence-corrected chi connectivity index (χ4v) is 3.50. The van der Waals surface area contributed by atoms with Crippen molar-refractivity contribution < 1.29 is 0 Å². The number of hydrogen-bond donors (Lipinski definition) is 0. The molecular formula is C19H17N3S. The first kappa shape index (κ1) is 15.3. The lowest BCUT2D eigenvalue weighted by Gasteiger charge is -2.29. The molecule has 2 aromatic heterocycles. The van der Waals surface area contributed by atoms with Gasteiger partial charge >= 0.3 is 0 Å². The molecule has 1 aliphatic rings. The number of aromatic nitrogens is 1. The summed E-state index contributed by atoms with van der Waals surface area (Å²) < 4.78 is 0. The van der Waals surface area contributed by atoms with E-state index in [1.807, 2.05) is 42.6 Å². The van der Waals surface area contributed by atoms with E-state index in [2.05, 4.69) is 27.8 Å². The van der Waals surface area contributed by atoms with Gasteiger partial charge in [0.05, 0.1) is 5.56 Å². The monoisotopic (exact) mass is 319 g/mol. The molecule has 0 unspecified atom stereocenters. The van der Waals surface area contributed by atoms with E-state index in [1.54, 1.807) is 11.3 Å². The van der Waals surface area contributed by atoms with E-state index < -0.39 is 0 Å². The van der Waals surface area contributed by atoms with Crippen molar-refractivity contribution in [3.63, 3.8) is 0 Å². The molecule has 3 heterocycles. The van der Waals surface area contributed by atoms with Crippen LogP contribution in [0.25, 0.3) is 0 Å². The normalized spacial score (nSPS) is 13.9. The highest BCUT2D eigenvalue weighted by atomic mass is 32.1. The van der Waals surface area contributed by atoms with Crippen molar-refractivity contribution in [3.8, 4) is 17.9 Å². The minimum absolute atomic E-state index is 0.785. The van der Waals surface area contributed by atoms with Gasteiger partial charge in [0.2, 0.25) is 0 Å². The molecule has 3 rings (SSSR count). The first-order valence-electron chi connectivity index (χ1n) is 7.62. The Kier molecular flexibility index (Phi) is 4.76. The summed E-state index contributed by atoms with van der Waals surface area (Å²) >= 11 is 1.65. The second-order valence-corrected chi connectivity index (χ2v) is 6.37. The van der Waals surface area contributed by atoms with Crippen LogP contribution in [-0.2, 0) is 0 Å². The van der Waals surface area contributed by atoms with Gasteiger partial charge in [-0.3, -0.25) is 0 Å². The van der Waals surface area contributed by atoms with Crippen LogP contribution >= 0.6 is 11.3 Å². The van der Waals surface area contributed by atoms with E-state index in [9.17, 15) is 0 Å². The first-order valence-corrected chi connectivity index (χ1v) is 8.50. The van der Waals surface area contributed by atoms with E-state index in [1.165, 1.54) is 5.57 Å². The maximum absolute atomic E-state index is 9.13. The zero-order valence-corrected chi connectivity index (χ0v) is 13.9. The van der Waals surface area contributed by atoms with Crippen LogP contribution < -0.4 is 4.90 Å². The number of rotatable bonds is 1. The number of pyridine rings is 1. The molecule has 23 heavy (non-hydrogen) atoms. The van der Waals surface area contributed by atoms with Crippen molar-refractivity contribution in [3.05, 3.63) is 58.2 Å². The van der Waals surface area contributed by atoms with E-state index in [0.29, 0.717) is 0 Å².